The van der Waals surface area contributed by atoms with Crippen molar-refractivity contribution in [3.63, 3.8) is 0 Å². The van der Waals surface area contributed by atoms with E-state index in [0.717, 1.165) is 0 Å². The number of hydrogen-bond acceptors (Lipinski definition) is 4. The molecule has 0 saturated carbocycles. The lowest BCUT2D eigenvalue weighted by atomic mass is 10.0. The van der Waals surface area contributed by atoms with E-state index in [1.807, 2.05) is 0 Å². The number of carbonyl (C=O) groups is 1. The fourth-order valence-electron chi connectivity index (χ4n) is 1.48. The van der Waals surface area contributed by atoms with Gasteiger partial charge in [-0.1, -0.05) is 6.08 Å². The van der Waals surface area contributed by atoms with Gasteiger partial charge in [-0.15, -0.1) is 6.58 Å². The van der Waals surface area contributed by atoms with Gasteiger partial charge in [-0.25, -0.2) is 4.79 Å². The molecule has 1 aromatic carbocycles. The Labute approximate surface area is 98.9 Å². The van der Waals surface area contributed by atoms with E-state index in [0.29, 0.717) is 5.56 Å². The van der Waals surface area contributed by atoms with Gasteiger partial charge in [-0.05, 0) is 12.5 Å². The summed E-state index contributed by atoms with van der Waals surface area (Å²) in [6.07, 6.45) is 1.77. The Morgan fingerprint density at radius 1 is 1.65 bits per heavy atom. The summed E-state index contributed by atoms with van der Waals surface area (Å²) in [5.41, 5.74) is 0.499. The van der Waals surface area contributed by atoms with Crippen molar-refractivity contribution in [2.24, 2.45) is 0 Å². The zero-order valence-corrected chi connectivity index (χ0v) is 9.47. The lowest BCUT2D eigenvalue weighted by Crippen LogP contribution is -2.06. The van der Waals surface area contributed by atoms with Crippen molar-refractivity contribution in [1.29, 1.82) is 0 Å². The highest BCUT2D eigenvalue weighted by atomic mass is 16.5. The molecule has 5 heteroatoms. The van der Waals surface area contributed by atoms with Crippen LogP contribution in [0.25, 0.3) is 0 Å². The number of rotatable bonds is 4. The van der Waals surface area contributed by atoms with Crippen LogP contribution in [0.4, 0.5) is 5.69 Å². The van der Waals surface area contributed by atoms with Gasteiger partial charge in [0.2, 0.25) is 0 Å². The van der Waals surface area contributed by atoms with Crippen LogP contribution in [0.3, 0.4) is 0 Å². The Kier molecular flexibility index (Phi) is 3.87. The average Bonchev–Trinajstić information content (AvgIpc) is 2.30. The van der Waals surface area contributed by atoms with Gasteiger partial charge in [-0.3, -0.25) is 0 Å². The lowest BCUT2D eigenvalue weighted by molar-refractivity contribution is -0.351. The highest BCUT2D eigenvalue weighted by molar-refractivity contribution is 5.92. The summed E-state index contributed by atoms with van der Waals surface area (Å²) in [6.45, 7) is 6.67. The van der Waals surface area contributed by atoms with Crippen LogP contribution in [0.1, 0.15) is 15.9 Å². The summed E-state index contributed by atoms with van der Waals surface area (Å²) in [6, 6.07) is 2.73. The largest absolute Gasteiger partial charge is 0.619 e. The molecule has 0 bridgehead atoms. The first-order chi connectivity index (χ1) is 8.02. The molecule has 17 heavy (non-hydrogen) atoms. The van der Waals surface area contributed by atoms with Crippen molar-refractivity contribution >= 4 is 18.4 Å². The van der Waals surface area contributed by atoms with Crippen LogP contribution in [0.2, 0.25) is 0 Å². The van der Waals surface area contributed by atoms with E-state index in [1.54, 1.807) is 0 Å². The number of aromatic hydroxyl groups is 1. The summed E-state index contributed by atoms with van der Waals surface area (Å²) in [5, 5.41) is 21.0. The first kappa shape index (κ1) is 12.8. The summed E-state index contributed by atoms with van der Waals surface area (Å²) < 4.78 is 4.87. The maximum Gasteiger partial charge on any atom is 0.338 e. The Morgan fingerprint density at radius 2 is 2.29 bits per heavy atom. The summed E-state index contributed by atoms with van der Waals surface area (Å²) in [7, 11) is 1.24. The van der Waals surface area contributed by atoms with Crippen molar-refractivity contribution in [2.75, 3.05) is 7.11 Å². The van der Waals surface area contributed by atoms with E-state index in [9.17, 15) is 15.1 Å². The van der Waals surface area contributed by atoms with E-state index in [-0.39, 0.29) is 28.2 Å². The smallest absolute Gasteiger partial charge is 0.338 e. The number of allylic oxidation sites excluding steroid dienone is 1. The number of hydrogen-bond donors (Lipinski definition) is 1. The fourth-order valence-corrected chi connectivity index (χ4v) is 1.48. The van der Waals surface area contributed by atoms with E-state index in [2.05, 4.69) is 18.0 Å². The number of phenols is 1. The molecule has 0 amide bonds. The molecule has 1 N–H and O–H groups in total. The SMILES string of the molecule is C=CCc1c(C(=O)OC)ccc([N+](=C)[O-])c1O. The number of carbonyl (C=O) groups excluding carboxylic acids is 1. The molecule has 0 spiro atoms. The molecule has 0 saturated heterocycles. The zero-order valence-electron chi connectivity index (χ0n) is 9.47. The first-order valence-corrected chi connectivity index (χ1v) is 4.84. The van der Waals surface area contributed by atoms with Crippen molar-refractivity contribution in [2.45, 2.75) is 6.42 Å². The van der Waals surface area contributed by atoms with Crippen LogP contribution in [0.15, 0.2) is 24.8 Å². The molecular weight excluding hydrogens is 222 g/mol. The molecule has 0 aliphatic heterocycles. The molecule has 0 aliphatic carbocycles. The van der Waals surface area contributed by atoms with E-state index < -0.39 is 5.97 Å². The van der Waals surface area contributed by atoms with Gasteiger partial charge in [0.25, 0.3) is 5.69 Å². The molecule has 1 aromatic rings. The van der Waals surface area contributed by atoms with Crippen LogP contribution in [0, 0.1) is 5.21 Å². The topological polar surface area (TPSA) is 72.6 Å². The van der Waals surface area contributed by atoms with Gasteiger partial charge >= 0.3 is 5.97 Å². The monoisotopic (exact) mass is 235 g/mol. The Morgan fingerprint density at radius 3 is 2.76 bits per heavy atom. The number of methoxy groups -OCH3 is 1. The average molecular weight is 235 g/mol. The minimum atomic E-state index is -0.579. The van der Waals surface area contributed by atoms with Crippen LogP contribution in [-0.4, -0.2) is 29.6 Å². The third-order valence-corrected chi connectivity index (χ3v) is 2.28. The third-order valence-electron chi connectivity index (χ3n) is 2.28. The van der Waals surface area contributed by atoms with E-state index >= 15 is 0 Å². The van der Waals surface area contributed by atoms with Crippen LogP contribution < -0.4 is 0 Å². The normalized spacial score (nSPS) is 9.71. The van der Waals surface area contributed by atoms with Crippen LogP contribution in [0.5, 0.6) is 5.75 Å². The zero-order chi connectivity index (χ0) is 13.0. The van der Waals surface area contributed by atoms with Gasteiger partial charge in [0, 0.05) is 11.6 Å². The predicted octanol–water partition coefficient (Wildman–Crippen LogP) is 1.75. The predicted molar refractivity (Wildman–Crippen MR) is 63.8 cm³/mol. The van der Waals surface area contributed by atoms with Crippen molar-refractivity contribution in [1.82, 2.24) is 0 Å². The maximum absolute atomic E-state index is 11.5. The van der Waals surface area contributed by atoms with Gasteiger partial charge in [0.05, 0.1) is 12.7 Å². The Bertz CT molecular complexity index is 480. The van der Waals surface area contributed by atoms with E-state index in [4.69, 9.17) is 0 Å². The Balaban J connectivity index is 3.43. The number of ether oxygens (including phenoxy) is 1. The highest BCUT2D eigenvalue weighted by Crippen LogP contribution is 2.32. The summed E-state index contributed by atoms with van der Waals surface area (Å²) in [4.78, 5) is 11.5. The molecule has 0 atom stereocenters. The third kappa shape index (κ3) is 2.44. The number of nitrogens with zero attached hydrogens (tertiary/aromatic N) is 1. The molecule has 90 valence electrons. The minimum absolute atomic E-state index is 0.00509. The molecule has 0 unspecified atom stereocenters. The van der Waals surface area contributed by atoms with Crippen molar-refractivity contribution < 1.29 is 19.4 Å². The quantitative estimate of drug-likeness (QED) is 0.215. The molecular formula is C12H13NO4. The standard InChI is InChI=1S/C12H13NO4/c1-4-5-8-9(12(15)17-3)6-7-10(11(8)14)13(2)16/h4,6-7,14H,1-2,5H2,3H3. The Hall–Kier alpha value is -2.30. The van der Waals surface area contributed by atoms with Gasteiger partial charge in [0.15, 0.2) is 5.75 Å². The summed E-state index contributed by atoms with van der Waals surface area (Å²) >= 11 is 0. The summed E-state index contributed by atoms with van der Waals surface area (Å²) in [5.74, 6) is -0.858. The van der Waals surface area contributed by atoms with Gasteiger partial charge in [-0.2, -0.15) is 4.74 Å². The minimum Gasteiger partial charge on any atom is -0.619 e. The molecule has 0 aliphatic rings. The van der Waals surface area contributed by atoms with Crippen molar-refractivity contribution in [3.05, 3.63) is 41.1 Å². The first-order valence-electron chi connectivity index (χ1n) is 4.84. The number of esters is 1. The second kappa shape index (κ2) is 5.16. The molecule has 0 heterocycles. The molecule has 0 fully saturated rings. The molecule has 0 radical (unpaired) electrons. The van der Waals surface area contributed by atoms with E-state index in [1.165, 1.54) is 25.3 Å². The molecule has 5 nitrogen and oxygen atoms in total. The second-order valence-corrected chi connectivity index (χ2v) is 3.32. The molecule has 0 aromatic heterocycles. The van der Waals surface area contributed by atoms with Gasteiger partial charge < -0.3 is 15.1 Å². The van der Waals surface area contributed by atoms with Crippen LogP contribution >= 0.6 is 0 Å². The fraction of sp³-hybridized carbons (Fsp3) is 0.167. The number of phenolic OH excluding ortho intramolecular Hbond substituents is 1. The highest BCUT2D eigenvalue weighted by Gasteiger charge is 2.20. The maximum atomic E-state index is 11.5. The van der Waals surface area contributed by atoms with Crippen LogP contribution in [-0.2, 0) is 11.2 Å². The lowest BCUT2D eigenvalue weighted by Gasteiger charge is -2.10. The molecule has 1 rings (SSSR count). The van der Waals surface area contributed by atoms with Crippen molar-refractivity contribution in [3.8, 4) is 5.75 Å². The van der Waals surface area contributed by atoms with Gasteiger partial charge in [0.1, 0.15) is 6.72 Å². The second-order valence-electron chi connectivity index (χ2n) is 3.32. The number of benzene rings is 1.